The van der Waals surface area contributed by atoms with E-state index in [1.807, 2.05) is 48.5 Å². The van der Waals surface area contributed by atoms with Gasteiger partial charge in [0.15, 0.2) is 0 Å². The number of carbonyl (C=O) groups is 1. The molecule has 0 aliphatic carbocycles. The van der Waals surface area contributed by atoms with Crippen LogP contribution in [0.3, 0.4) is 0 Å². The largest absolute Gasteiger partial charge is 0.380 e. The van der Waals surface area contributed by atoms with Crippen LogP contribution in [0.15, 0.2) is 48.5 Å². The lowest BCUT2D eigenvalue weighted by Gasteiger charge is -2.30. The molecule has 0 unspecified atom stereocenters. The maximum absolute atomic E-state index is 12.5. The van der Waals surface area contributed by atoms with Gasteiger partial charge in [-0.25, -0.2) is 0 Å². The Balaban J connectivity index is 1.74. The van der Waals surface area contributed by atoms with E-state index in [1.165, 1.54) is 0 Å². The molecule has 0 atom stereocenters. The van der Waals surface area contributed by atoms with E-state index in [4.69, 9.17) is 9.47 Å². The first-order valence-electron chi connectivity index (χ1n) is 8.09. The Labute approximate surface area is 142 Å². The van der Waals surface area contributed by atoms with E-state index in [-0.39, 0.29) is 5.91 Å². The van der Waals surface area contributed by atoms with E-state index in [1.54, 1.807) is 7.11 Å². The second-order valence-corrected chi connectivity index (χ2v) is 5.70. The van der Waals surface area contributed by atoms with Crippen LogP contribution in [0.5, 0.6) is 0 Å². The number of morpholine rings is 1. The van der Waals surface area contributed by atoms with E-state index < -0.39 is 0 Å². The quantitative estimate of drug-likeness (QED) is 0.918. The van der Waals surface area contributed by atoms with Crippen LogP contribution in [0.4, 0.5) is 11.4 Å². The van der Waals surface area contributed by atoms with Gasteiger partial charge in [-0.3, -0.25) is 4.79 Å². The Bertz CT molecular complexity index is 679. The normalized spacial score (nSPS) is 14.5. The van der Waals surface area contributed by atoms with Crippen molar-refractivity contribution in [3.05, 3.63) is 59.7 Å². The fourth-order valence-electron chi connectivity index (χ4n) is 2.77. The molecule has 126 valence electrons. The van der Waals surface area contributed by atoms with E-state index in [9.17, 15) is 4.79 Å². The zero-order valence-electron chi connectivity index (χ0n) is 13.8. The van der Waals surface area contributed by atoms with Crippen LogP contribution in [0.25, 0.3) is 0 Å². The van der Waals surface area contributed by atoms with E-state index in [0.717, 1.165) is 30.0 Å². The molecule has 1 aliphatic rings. The van der Waals surface area contributed by atoms with Crippen molar-refractivity contribution in [3.63, 3.8) is 0 Å². The lowest BCUT2D eigenvalue weighted by atomic mass is 10.1. The van der Waals surface area contributed by atoms with E-state index in [0.29, 0.717) is 25.4 Å². The fraction of sp³-hybridized carbons (Fsp3) is 0.316. The average molecular weight is 326 g/mol. The number of anilines is 2. The SMILES string of the molecule is COCc1ccc(C(=O)Nc2ccccc2N2CCOCC2)cc1. The first-order chi connectivity index (χ1) is 11.8. The fourth-order valence-corrected chi connectivity index (χ4v) is 2.77. The molecular weight excluding hydrogens is 304 g/mol. The monoisotopic (exact) mass is 326 g/mol. The highest BCUT2D eigenvalue weighted by Crippen LogP contribution is 2.26. The molecule has 5 heteroatoms. The molecule has 1 fully saturated rings. The molecule has 1 amide bonds. The maximum Gasteiger partial charge on any atom is 0.255 e. The Morgan fingerprint density at radius 2 is 1.83 bits per heavy atom. The number of methoxy groups -OCH3 is 1. The van der Waals surface area contributed by atoms with Gasteiger partial charge in [0.1, 0.15) is 0 Å². The Kier molecular flexibility index (Phi) is 5.46. The zero-order valence-corrected chi connectivity index (χ0v) is 13.8. The topological polar surface area (TPSA) is 50.8 Å². The van der Waals surface area contributed by atoms with Crippen LogP contribution in [0.2, 0.25) is 0 Å². The van der Waals surface area contributed by atoms with Crippen LogP contribution in [-0.2, 0) is 16.1 Å². The summed E-state index contributed by atoms with van der Waals surface area (Å²) in [6, 6.07) is 15.3. The standard InChI is InChI=1S/C19H22N2O3/c1-23-14-15-6-8-16(9-7-15)19(22)20-17-4-2-3-5-18(17)21-10-12-24-13-11-21/h2-9H,10-14H2,1H3,(H,20,22). The molecule has 0 radical (unpaired) electrons. The second kappa shape index (κ2) is 7.95. The van der Waals surface area contributed by atoms with Gasteiger partial charge in [0, 0.05) is 25.8 Å². The van der Waals surface area contributed by atoms with Crippen LogP contribution in [0, 0.1) is 0 Å². The van der Waals surface area contributed by atoms with Crippen LogP contribution >= 0.6 is 0 Å². The first kappa shape index (κ1) is 16.5. The number of hydrogen-bond acceptors (Lipinski definition) is 4. The lowest BCUT2D eigenvalue weighted by Crippen LogP contribution is -2.36. The number of hydrogen-bond donors (Lipinski definition) is 1. The third kappa shape index (κ3) is 3.93. The van der Waals surface area contributed by atoms with Crippen LogP contribution in [-0.4, -0.2) is 39.3 Å². The first-order valence-corrected chi connectivity index (χ1v) is 8.09. The number of benzene rings is 2. The van der Waals surface area contributed by atoms with E-state index >= 15 is 0 Å². The van der Waals surface area contributed by atoms with Gasteiger partial charge < -0.3 is 19.7 Å². The summed E-state index contributed by atoms with van der Waals surface area (Å²) >= 11 is 0. The molecule has 3 rings (SSSR count). The number of ether oxygens (including phenoxy) is 2. The Morgan fingerprint density at radius 1 is 1.12 bits per heavy atom. The summed E-state index contributed by atoms with van der Waals surface area (Å²) in [6.07, 6.45) is 0. The minimum atomic E-state index is -0.111. The van der Waals surface area contributed by atoms with Gasteiger partial charge in [-0.15, -0.1) is 0 Å². The Morgan fingerprint density at radius 3 is 2.54 bits per heavy atom. The van der Waals surface area contributed by atoms with Gasteiger partial charge >= 0.3 is 0 Å². The molecular formula is C19H22N2O3. The number of para-hydroxylation sites is 2. The van der Waals surface area contributed by atoms with Crippen molar-refractivity contribution < 1.29 is 14.3 Å². The summed E-state index contributed by atoms with van der Waals surface area (Å²) in [4.78, 5) is 14.8. The minimum Gasteiger partial charge on any atom is -0.380 e. The molecule has 0 aromatic heterocycles. The van der Waals surface area contributed by atoms with Crippen molar-refractivity contribution in [2.75, 3.05) is 43.6 Å². The third-order valence-corrected chi connectivity index (χ3v) is 4.03. The third-order valence-electron chi connectivity index (χ3n) is 4.03. The zero-order chi connectivity index (χ0) is 16.8. The molecule has 0 saturated carbocycles. The molecule has 24 heavy (non-hydrogen) atoms. The second-order valence-electron chi connectivity index (χ2n) is 5.70. The number of rotatable bonds is 5. The molecule has 2 aromatic carbocycles. The van der Waals surface area contributed by atoms with Gasteiger partial charge in [0.2, 0.25) is 0 Å². The van der Waals surface area contributed by atoms with Gasteiger partial charge in [-0.2, -0.15) is 0 Å². The molecule has 1 aliphatic heterocycles. The van der Waals surface area contributed by atoms with Crippen molar-refractivity contribution in [1.29, 1.82) is 0 Å². The number of nitrogens with one attached hydrogen (secondary N) is 1. The summed E-state index contributed by atoms with van der Waals surface area (Å²) in [5.41, 5.74) is 3.53. The number of amides is 1. The maximum atomic E-state index is 12.5. The number of nitrogens with zero attached hydrogens (tertiary/aromatic N) is 1. The highest BCUT2D eigenvalue weighted by atomic mass is 16.5. The molecule has 1 N–H and O–H groups in total. The smallest absolute Gasteiger partial charge is 0.255 e. The van der Waals surface area contributed by atoms with Gasteiger partial charge in [-0.05, 0) is 29.8 Å². The lowest BCUT2D eigenvalue weighted by molar-refractivity contribution is 0.102. The molecule has 1 heterocycles. The minimum absolute atomic E-state index is 0.111. The van der Waals surface area contributed by atoms with Crippen LogP contribution < -0.4 is 10.2 Å². The highest BCUT2D eigenvalue weighted by molar-refractivity contribution is 6.06. The molecule has 0 spiro atoms. The van der Waals surface area contributed by atoms with Crippen molar-refractivity contribution in [1.82, 2.24) is 0 Å². The van der Waals surface area contributed by atoms with Crippen molar-refractivity contribution in [2.24, 2.45) is 0 Å². The summed E-state index contributed by atoms with van der Waals surface area (Å²) < 4.78 is 10.5. The molecule has 2 aromatic rings. The summed E-state index contributed by atoms with van der Waals surface area (Å²) in [6.45, 7) is 3.63. The van der Waals surface area contributed by atoms with Crippen LogP contribution in [0.1, 0.15) is 15.9 Å². The summed E-state index contributed by atoms with van der Waals surface area (Å²) in [7, 11) is 1.66. The van der Waals surface area contributed by atoms with E-state index in [2.05, 4.69) is 10.2 Å². The van der Waals surface area contributed by atoms with Gasteiger partial charge in [0.25, 0.3) is 5.91 Å². The van der Waals surface area contributed by atoms with Crippen molar-refractivity contribution >= 4 is 17.3 Å². The predicted molar refractivity (Wildman–Crippen MR) is 94.6 cm³/mol. The van der Waals surface area contributed by atoms with Gasteiger partial charge in [0.05, 0.1) is 31.2 Å². The van der Waals surface area contributed by atoms with Gasteiger partial charge in [-0.1, -0.05) is 24.3 Å². The van der Waals surface area contributed by atoms with Crippen molar-refractivity contribution in [2.45, 2.75) is 6.61 Å². The summed E-state index contributed by atoms with van der Waals surface area (Å²) in [5, 5.41) is 3.02. The summed E-state index contributed by atoms with van der Waals surface area (Å²) in [5.74, 6) is -0.111. The van der Waals surface area contributed by atoms with Crippen molar-refractivity contribution in [3.8, 4) is 0 Å². The average Bonchev–Trinajstić information content (AvgIpc) is 2.64. The highest BCUT2D eigenvalue weighted by Gasteiger charge is 2.16. The molecule has 0 bridgehead atoms. The number of carbonyl (C=O) groups excluding carboxylic acids is 1. The molecule has 1 saturated heterocycles. The Hall–Kier alpha value is -2.37. The predicted octanol–water partition coefficient (Wildman–Crippen LogP) is 2.92. The molecule has 5 nitrogen and oxygen atoms in total.